The second kappa shape index (κ2) is 4.74. The summed E-state index contributed by atoms with van der Waals surface area (Å²) in [5, 5.41) is 13.0. The molecule has 0 amide bonds. The second-order valence-electron chi connectivity index (χ2n) is 5.81. The Morgan fingerprint density at radius 3 is 2.61 bits per heavy atom. The van der Waals surface area contributed by atoms with Gasteiger partial charge in [-0.2, -0.15) is 0 Å². The van der Waals surface area contributed by atoms with Crippen LogP contribution < -0.4 is 11.1 Å². The van der Waals surface area contributed by atoms with Crippen molar-refractivity contribution >= 4 is 22.9 Å². The molecule has 0 spiro atoms. The van der Waals surface area contributed by atoms with Crippen LogP contribution >= 0.6 is 0 Å². The Hall–Kier alpha value is -3.02. The van der Waals surface area contributed by atoms with Gasteiger partial charge >= 0.3 is 0 Å². The van der Waals surface area contributed by atoms with Gasteiger partial charge in [-0.3, -0.25) is 9.88 Å². The van der Waals surface area contributed by atoms with Crippen molar-refractivity contribution in [3.63, 3.8) is 0 Å². The Labute approximate surface area is 133 Å². The molecule has 0 saturated carbocycles. The van der Waals surface area contributed by atoms with E-state index in [1.165, 1.54) is 0 Å². The molecule has 4 rings (SSSR count). The van der Waals surface area contributed by atoms with Crippen LogP contribution in [0.5, 0.6) is 5.75 Å². The molecule has 6 heteroatoms. The molecule has 1 aromatic heterocycles. The van der Waals surface area contributed by atoms with Gasteiger partial charge in [0, 0.05) is 0 Å². The Bertz CT molecular complexity index is 934. The van der Waals surface area contributed by atoms with Crippen LogP contribution in [0.3, 0.4) is 0 Å². The van der Waals surface area contributed by atoms with Crippen LogP contribution in [0, 0.1) is 13.8 Å². The zero-order valence-electron chi connectivity index (χ0n) is 12.9. The minimum atomic E-state index is -0.309. The van der Waals surface area contributed by atoms with Gasteiger partial charge < -0.3 is 10.8 Å². The number of guanidine groups is 1. The predicted octanol–water partition coefficient (Wildman–Crippen LogP) is 2.65. The standard InChI is InChI=1S/C17H17N5O/c1-9-7-11(8-10(2)14(9)23)15-20-16(18)21-17-19-12-5-3-4-6-13(12)22(15)17/h3-8,15,23H,1-2H3,(H3,18,19,20,21)/t15-/m0/s1. The van der Waals surface area contributed by atoms with E-state index in [1.807, 2.05) is 54.8 Å². The quantitative estimate of drug-likeness (QED) is 0.645. The number of phenolic OH excluding ortho intramolecular Hbond substituents is 1. The summed E-state index contributed by atoms with van der Waals surface area (Å²) in [6, 6.07) is 11.8. The van der Waals surface area contributed by atoms with E-state index >= 15 is 0 Å². The van der Waals surface area contributed by atoms with Crippen molar-refractivity contribution in [1.82, 2.24) is 9.55 Å². The zero-order chi connectivity index (χ0) is 16.1. The van der Waals surface area contributed by atoms with Crippen LogP contribution in [0.4, 0.5) is 5.95 Å². The SMILES string of the molecule is Cc1cc([C@H]2N=C(N)Nc3nc4ccccc4n32)cc(C)c1O. The molecule has 1 atom stereocenters. The van der Waals surface area contributed by atoms with Crippen molar-refractivity contribution in [2.75, 3.05) is 5.32 Å². The molecule has 2 aromatic carbocycles. The van der Waals surface area contributed by atoms with Crippen LogP contribution in [0.25, 0.3) is 11.0 Å². The van der Waals surface area contributed by atoms with Crippen LogP contribution in [0.15, 0.2) is 41.4 Å². The molecule has 3 aromatic rings. The van der Waals surface area contributed by atoms with Gasteiger partial charge in [-0.15, -0.1) is 0 Å². The highest BCUT2D eigenvalue weighted by molar-refractivity contribution is 5.94. The number of imidazole rings is 1. The molecule has 0 fully saturated rings. The molecular weight excluding hydrogens is 290 g/mol. The lowest BCUT2D eigenvalue weighted by Gasteiger charge is -2.24. The fraction of sp³-hybridized carbons (Fsp3) is 0.176. The first-order valence-corrected chi connectivity index (χ1v) is 7.42. The maximum absolute atomic E-state index is 10.0. The largest absolute Gasteiger partial charge is 0.507 e. The third-order valence-electron chi connectivity index (χ3n) is 4.15. The number of nitrogens with one attached hydrogen (secondary N) is 1. The van der Waals surface area contributed by atoms with E-state index < -0.39 is 0 Å². The molecule has 23 heavy (non-hydrogen) atoms. The number of para-hydroxylation sites is 2. The van der Waals surface area contributed by atoms with Crippen LogP contribution in [0.1, 0.15) is 22.9 Å². The normalized spacial score (nSPS) is 16.8. The molecule has 6 nitrogen and oxygen atoms in total. The number of anilines is 1. The van der Waals surface area contributed by atoms with Crippen molar-refractivity contribution < 1.29 is 5.11 Å². The van der Waals surface area contributed by atoms with Gasteiger partial charge in [-0.1, -0.05) is 12.1 Å². The van der Waals surface area contributed by atoms with E-state index in [0.717, 1.165) is 27.7 Å². The number of hydrogen-bond donors (Lipinski definition) is 3. The van der Waals surface area contributed by atoms with Gasteiger partial charge in [0.1, 0.15) is 5.75 Å². The molecule has 4 N–H and O–H groups in total. The molecular formula is C17H17N5O. The van der Waals surface area contributed by atoms with Gasteiger partial charge in [0.05, 0.1) is 11.0 Å². The summed E-state index contributed by atoms with van der Waals surface area (Å²) in [5.41, 5.74) is 10.4. The third kappa shape index (κ3) is 2.03. The van der Waals surface area contributed by atoms with Crippen molar-refractivity contribution in [1.29, 1.82) is 0 Å². The zero-order valence-corrected chi connectivity index (χ0v) is 12.9. The number of aliphatic imine (C=N–C) groups is 1. The Kier molecular flexibility index (Phi) is 2.81. The summed E-state index contributed by atoms with van der Waals surface area (Å²) in [6.07, 6.45) is -0.309. The molecule has 2 heterocycles. The lowest BCUT2D eigenvalue weighted by atomic mass is 10.0. The number of aromatic nitrogens is 2. The molecule has 1 aliphatic rings. The van der Waals surface area contributed by atoms with Gasteiger partial charge in [0.2, 0.25) is 5.95 Å². The number of hydrogen-bond acceptors (Lipinski definition) is 5. The first-order chi connectivity index (χ1) is 11.0. The number of aryl methyl sites for hydroxylation is 2. The maximum Gasteiger partial charge on any atom is 0.212 e. The lowest BCUT2D eigenvalue weighted by Crippen LogP contribution is -2.31. The minimum absolute atomic E-state index is 0.309. The molecule has 0 radical (unpaired) electrons. The fourth-order valence-corrected chi connectivity index (χ4v) is 3.08. The maximum atomic E-state index is 10.0. The summed E-state index contributed by atoms with van der Waals surface area (Å²) >= 11 is 0. The van der Waals surface area contributed by atoms with Gasteiger partial charge in [0.25, 0.3) is 0 Å². The van der Waals surface area contributed by atoms with Crippen LogP contribution in [0.2, 0.25) is 0 Å². The van der Waals surface area contributed by atoms with Crippen molar-refractivity contribution in [3.05, 3.63) is 53.1 Å². The second-order valence-corrected chi connectivity index (χ2v) is 5.81. The number of phenols is 1. The lowest BCUT2D eigenvalue weighted by molar-refractivity contribution is 0.466. The highest BCUT2D eigenvalue weighted by atomic mass is 16.3. The van der Waals surface area contributed by atoms with E-state index in [2.05, 4.69) is 15.3 Å². The van der Waals surface area contributed by atoms with E-state index in [1.54, 1.807) is 0 Å². The fourth-order valence-electron chi connectivity index (χ4n) is 3.08. The average Bonchev–Trinajstić information content (AvgIpc) is 2.89. The average molecular weight is 307 g/mol. The number of aromatic hydroxyl groups is 1. The Morgan fingerprint density at radius 1 is 1.17 bits per heavy atom. The van der Waals surface area contributed by atoms with Gasteiger partial charge in [0.15, 0.2) is 12.1 Å². The highest BCUT2D eigenvalue weighted by Gasteiger charge is 2.25. The van der Waals surface area contributed by atoms with Crippen LogP contribution in [-0.4, -0.2) is 20.6 Å². The topological polar surface area (TPSA) is 88.5 Å². The Morgan fingerprint density at radius 2 is 1.87 bits per heavy atom. The predicted molar refractivity (Wildman–Crippen MR) is 90.7 cm³/mol. The number of rotatable bonds is 1. The first kappa shape index (κ1) is 13.6. The summed E-state index contributed by atoms with van der Waals surface area (Å²) in [7, 11) is 0. The monoisotopic (exact) mass is 307 g/mol. The van der Waals surface area contributed by atoms with Crippen molar-refractivity contribution in [2.24, 2.45) is 10.7 Å². The van der Waals surface area contributed by atoms with Crippen molar-refractivity contribution in [2.45, 2.75) is 20.0 Å². The summed E-state index contributed by atoms with van der Waals surface area (Å²) < 4.78 is 2.02. The van der Waals surface area contributed by atoms with Gasteiger partial charge in [-0.25, -0.2) is 9.98 Å². The molecule has 116 valence electrons. The molecule has 1 aliphatic heterocycles. The minimum Gasteiger partial charge on any atom is -0.507 e. The molecule has 0 unspecified atom stereocenters. The summed E-state index contributed by atoms with van der Waals surface area (Å²) in [4.78, 5) is 9.14. The first-order valence-electron chi connectivity index (χ1n) is 7.42. The number of nitrogens with zero attached hydrogens (tertiary/aromatic N) is 3. The number of benzene rings is 2. The van der Waals surface area contributed by atoms with E-state index in [0.29, 0.717) is 17.7 Å². The number of fused-ring (bicyclic) bond motifs is 3. The van der Waals surface area contributed by atoms with E-state index in [-0.39, 0.29) is 6.17 Å². The highest BCUT2D eigenvalue weighted by Crippen LogP contribution is 2.34. The molecule has 0 aliphatic carbocycles. The third-order valence-corrected chi connectivity index (χ3v) is 4.15. The molecule has 0 bridgehead atoms. The van der Waals surface area contributed by atoms with Crippen LogP contribution in [-0.2, 0) is 0 Å². The smallest absolute Gasteiger partial charge is 0.212 e. The Balaban J connectivity index is 1.97. The molecule has 0 saturated heterocycles. The van der Waals surface area contributed by atoms with E-state index in [4.69, 9.17) is 5.73 Å². The van der Waals surface area contributed by atoms with Crippen molar-refractivity contribution in [3.8, 4) is 5.75 Å². The van der Waals surface area contributed by atoms with Gasteiger partial charge in [-0.05, 0) is 54.8 Å². The van der Waals surface area contributed by atoms with E-state index in [9.17, 15) is 5.11 Å². The summed E-state index contributed by atoms with van der Waals surface area (Å²) in [6.45, 7) is 3.76. The summed E-state index contributed by atoms with van der Waals surface area (Å²) in [5.74, 6) is 1.32. The number of nitrogens with two attached hydrogens (primary N) is 1.